The van der Waals surface area contributed by atoms with Crippen molar-refractivity contribution in [2.45, 2.75) is 18.9 Å². The first-order valence-electron chi connectivity index (χ1n) is 9.14. The maximum absolute atomic E-state index is 10.4. The molecule has 0 saturated carbocycles. The van der Waals surface area contributed by atoms with E-state index in [2.05, 4.69) is 32.3 Å². The first-order valence-corrected chi connectivity index (χ1v) is 9.14. The molecule has 0 radical (unpaired) electrons. The van der Waals surface area contributed by atoms with Gasteiger partial charge in [-0.05, 0) is 23.8 Å². The topological polar surface area (TPSA) is 62.5 Å². The standard InChI is InChI=1S/C22H29N2O3.ClH/c1-24(2,15-13-18-8-10-21(26-3)11-9-18)16-20(25)17-27-22-7-5-4-6-19(22)12-14-23;/h4-11,20,25H,12-13,15-17H2,1-3H3;1H/q+1;. The van der Waals surface area contributed by atoms with Gasteiger partial charge in [0.15, 0.2) is 0 Å². The molecule has 6 heteroatoms. The van der Waals surface area contributed by atoms with E-state index in [4.69, 9.17) is 14.7 Å². The number of likely N-dealkylation sites (N-methyl/N-ethyl adjacent to an activating group) is 1. The van der Waals surface area contributed by atoms with E-state index in [-0.39, 0.29) is 19.0 Å². The SMILES string of the molecule is COc1ccc(CC[N+](C)(C)CC(O)COc2ccccc2CC#N)cc1.Cl. The molecule has 5 nitrogen and oxygen atoms in total. The molecule has 0 spiro atoms. The Morgan fingerprint density at radius 3 is 2.43 bits per heavy atom. The van der Waals surface area contributed by atoms with Gasteiger partial charge in [0, 0.05) is 12.0 Å². The van der Waals surface area contributed by atoms with E-state index in [1.165, 1.54) is 5.56 Å². The molecule has 152 valence electrons. The number of nitrogens with zero attached hydrogens (tertiary/aromatic N) is 2. The molecule has 1 atom stereocenters. The molecule has 0 fully saturated rings. The number of aliphatic hydroxyl groups excluding tert-OH is 1. The number of methoxy groups -OCH3 is 1. The van der Waals surface area contributed by atoms with Crippen molar-refractivity contribution in [2.24, 2.45) is 0 Å². The summed E-state index contributed by atoms with van der Waals surface area (Å²) < 4.78 is 11.6. The second-order valence-corrected chi connectivity index (χ2v) is 7.35. The van der Waals surface area contributed by atoms with Gasteiger partial charge < -0.3 is 19.1 Å². The molecule has 2 aromatic carbocycles. The van der Waals surface area contributed by atoms with Crippen LogP contribution in [0.25, 0.3) is 0 Å². The number of hydrogen-bond donors (Lipinski definition) is 1. The summed E-state index contributed by atoms with van der Waals surface area (Å²) in [6.07, 6.45) is 0.650. The van der Waals surface area contributed by atoms with Gasteiger partial charge in [0.1, 0.15) is 30.8 Å². The maximum atomic E-state index is 10.4. The lowest BCUT2D eigenvalue weighted by molar-refractivity contribution is -0.893. The summed E-state index contributed by atoms with van der Waals surface area (Å²) in [5, 5.41) is 19.3. The number of para-hydroxylation sites is 1. The summed E-state index contributed by atoms with van der Waals surface area (Å²) in [5.41, 5.74) is 2.10. The fourth-order valence-corrected chi connectivity index (χ4v) is 3.00. The molecule has 2 rings (SSSR count). The molecule has 0 heterocycles. The molecule has 0 amide bonds. The first-order chi connectivity index (χ1) is 12.9. The highest BCUT2D eigenvalue weighted by Crippen LogP contribution is 2.19. The van der Waals surface area contributed by atoms with Gasteiger partial charge in [-0.1, -0.05) is 30.3 Å². The number of aliphatic hydroxyl groups is 1. The van der Waals surface area contributed by atoms with Gasteiger partial charge >= 0.3 is 0 Å². The average Bonchev–Trinajstić information content (AvgIpc) is 2.66. The lowest BCUT2D eigenvalue weighted by atomic mass is 10.1. The summed E-state index contributed by atoms with van der Waals surface area (Å²) in [7, 11) is 5.88. The third kappa shape index (κ3) is 7.77. The van der Waals surface area contributed by atoms with E-state index in [0.717, 1.165) is 24.3 Å². The second kappa shape index (κ2) is 11.6. The Kier molecular flexibility index (Phi) is 9.81. The molecule has 2 aromatic rings. The Bertz CT molecular complexity index is 757. The van der Waals surface area contributed by atoms with E-state index in [0.29, 0.717) is 23.2 Å². The third-order valence-corrected chi connectivity index (χ3v) is 4.54. The number of rotatable bonds is 10. The molecule has 0 aliphatic heterocycles. The van der Waals surface area contributed by atoms with E-state index in [1.807, 2.05) is 36.4 Å². The monoisotopic (exact) mass is 405 g/mol. The summed E-state index contributed by atoms with van der Waals surface area (Å²) in [5.74, 6) is 1.53. The molecule has 1 N–H and O–H groups in total. The van der Waals surface area contributed by atoms with Crippen LogP contribution in [0, 0.1) is 11.3 Å². The van der Waals surface area contributed by atoms with Crippen LogP contribution in [-0.4, -0.2) is 56.6 Å². The summed E-state index contributed by atoms with van der Waals surface area (Å²) in [6.45, 7) is 1.72. The molecule has 1 unspecified atom stereocenters. The van der Waals surface area contributed by atoms with Crippen molar-refractivity contribution in [3.8, 4) is 17.6 Å². The summed E-state index contributed by atoms with van der Waals surface area (Å²) in [6, 6.07) is 17.7. The number of hydrogen-bond acceptors (Lipinski definition) is 4. The number of quaternary nitrogens is 1. The van der Waals surface area contributed by atoms with Crippen LogP contribution in [0.1, 0.15) is 11.1 Å². The van der Waals surface area contributed by atoms with E-state index in [9.17, 15) is 5.11 Å². The third-order valence-electron chi connectivity index (χ3n) is 4.54. The van der Waals surface area contributed by atoms with E-state index in [1.54, 1.807) is 7.11 Å². The smallest absolute Gasteiger partial charge is 0.137 e. The van der Waals surface area contributed by atoms with Crippen LogP contribution in [-0.2, 0) is 12.8 Å². The normalized spacial score (nSPS) is 11.8. The Balaban J connectivity index is 0.00000392. The van der Waals surface area contributed by atoms with Gasteiger partial charge in [-0.2, -0.15) is 5.26 Å². The van der Waals surface area contributed by atoms with Gasteiger partial charge in [0.25, 0.3) is 0 Å². The fourth-order valence-electron chi connectivity index (χ4n) is 3.00. The van der Waals surface area contributed by atoms with Crippen molar-refractivity contribution >= 4 is 12.4 Å². The highest BCUT2D eigenvalue weighted by molar-refractivity contribution is 5.85. The van der Waals surface area contributed by atoms with Crippen molar-refractivity contribution in [3.63, 3.8) is 0 Å². The number of halogens is 1. The maximum Gasteiger partial charge on any atom is 0.137 e. The van der Waals surface area contributed by atoms with Gasteiger partial charge in [0.2, 0.25) is 0 Å². The zero-order valence-corrected chi connectivity index (χ0v) is 17.6. The van der Waals surface area contributed by atoms with Crippen LogP contribution in [0.3, 0.4) is 0 Å². The van der Waals surface area contributed by atoms with Gasteiger partial charge in [-0.25, -0.2) is 0 Å². The Hall–Kier alpha value is -2.26. The van der Waals surface area contributed by atoms with Crippen LogP contribution in [0.2, 0.25) is 0 Å². The Morgan fingerprint density at radius 2 is 1.79 bits per heavy atom. The largest absolute Gasteiger partial charge is 0.497 e. The van der Waals surface area contributed by atoms with Crippen molar-refractivity contribution in [1.82, 2.24) is 0 Å². The van der Waals surface area contributed by atoms with E-state index >= 15 is 0 Å². The predicted octanol–water partition coefficient (Wildman–Crippen LogP) is 3.24. The first kappa shape index (κ1) is 23.8. The van der Waals surface area contributed by atoms with Gasteiger partial charge in [0.05, 0.1) is 40.2 Å². The van der Waals surface area contributed by atoms with Crippen molar-refractivity contribution in [2.75, 3.05) is 40.9 Å². The van der Waals surface area contributed by atoms with Crippen LogP contribution < -0.4 is 9.47 Å². The van der Waals surface area contributed by atoms with Crippen LogP contribution >= 0.6 is 12.4 Å². The summed E-state index contributed by atoms with van der Waals surface area (Å²) in [4.78, 5) is 0. The zero-order valence-electron chi connectivity index (χ0n) is 16.8. The number of nitriles is 1. The molecule has 0 bridgehead atoms. The van der Waals surface area contributed by atoms with Crippen molar-refractivity contribution in [1.29, 1.82) is 5.26 Å². The minimum atomic E-state index is -0.578. The molecule has 0 saturated heterocycles. The minimum absolute atomic E-state index is 0. The number of ether oxygens (including phenoxy) is 2. The molecular weight excluding hydrogens is 376 g/mol. The van der Waals surface area contributed by atoms with Crippen LogP contribution in [0.5, 0.6) is 11.5 Å². The lowest BCUT2D eigenvalue weighted by Gasteiger charge is -2.32. The lowest BCUT2D eigenvalue weighted by Crippen LogP contribution is -2.48. The van der Waals surface area contributed by atoms with E-state index < -0.39 is 6.10 Å². The zero-order chi connectivity index (χ0) is 19.7. The van der Waals surface area contributed by atoms with Crippen LogP contribution in [0.15, 0.2) is 48.5 Å². The predicted molar refractivity (Wildman–Crippen MR) is 113 cm³/mol. The molecule has 0 aliphatic carbocycles. The second-order valence-electron chi connectivity index (χ2n) is 7.35. The minimum Gasteiger partial charge on any atom is -0.497 e. The summed E-state index contributed by atoms with van der Waals surface area (Å²) >= 11 is 0. The van der Waals surface area contributed by atoms with Crippen molar-refractivity contribution in [3.05, 3.63) is 59.7 Å². The molecule has 0 aromatic heterocycles. The molecular formula is C22H30ClN2O3+. The quantitative estimate of drug-likeness (QED) is 0.616. The van der Waals surface area contributed by atoms with Gasteiger partial charge in [-0.3, -0.25) is 0 Å². The molecule has 28 heavy (non-hydrogen) atoms. The Labute approximate surface area is 174 Å². The van der Waals surface area contributed by atoms with Crippen molar-refractivity contribution < 1.29 is 19.1 Å². The number of benzene rings is 2. The highest BCUT2D eigenvalue weighted by Gasteiger charge is 2.21. The van der Waals surface area contributed by atoms with Crippen LogP contribution in [0.4, 0.5) is 0 Å². The highest BCUT2D eigenvalue weighted by atomic mass is 35.5. The fraction of sp³-hybridized carbons (Fsp3) is 0.409. The molecule has 0 aliphatic rings. The van der Waals surface area contributed by atoms with Gasteiger partial charge in [-0.15, -0.1) is 12.4 Å². The average molecular weight is 406 g/mol. The Morgan fingerprint density at radius 1 is 1.11 bits per heavy atom.